The van der Waals surface area contributed by atoms with E-state index in [1.54, 1.807) is 6.92 Å². The first-order valence-corrected chi connectivity index (χ1v) is 6.13. The fourth-order valence-corrected chi connectivity index (χ4v) is 3.34. The molecule has 1 aliphatic heterocycles. The number of carbonyl (C=O) groups excluding carboxylic acids is 1. The fraction of sp³-hybridized carbons (Fsp3) is 0.917. The summed E-state index contributed by atoms with van der Waals surface area (Å²) >= 11 is 0. The molecule has 0 aromatic heterocycles. The summed E-state index contributed by atoms with van der Waals surface area (Å²) in [6, 6.07) is 0. The summed E-state index contributed by atoms with van der Waals surface area (Å²) in [7, 11) is 0. The van der Waals surface area contributed by atoms with E-state index in [9.17, 15) is 9.90 Å². The summed E-state index contributed by atoms with van der Waals surface area (Å²) in [5, 5.41) is 10.3. The van der Waals surface area contributed by atoms with Crippen molar-refractivity contribution in [2.75, 3.05) is 6.61 Å². The van der Waals surface area contributed by atoms with E-state index in [1.165, 1.54) is 0 Å². The number of hydrogen-bond acceptors (Lipinski definition) is 5. The number of rotatable bonds is 2. The zero-order valence-electron chi connectivity index (χ0n) is 10.3. The van der Waals surface area contributed by atoms with Gasteiger partial charge in [0.1, 0.15) is 11.5 Å². The predicted octanol–water partition coefficient (Wildman–Crippen LogP) is 0.450. The molecule has 3 rings (SSSR count). The lowest BCUT2D eigenvalue weighted by Crippen LogP contribution is -2.39. The van der Waals surface area contributed by atoms with Gasteiger partial charge in [-0.15, -0.1) is 0 Å². The standard InChI is InChI=1S/C12H18O5/c1-4-15-10(14)12-5-6(12)7-8(9(12)13)17-11(2,3)16-7/h6-9,13H,4-5H2,1-3H3/t6-,7+,8+,9+,12+/m0/s1. The average Bonchev–Trinajstić information content (AvgIpc) is 2.85. The minimum Gasteiger partial charge on any atom is -0.465 e. The van der Waals surface area contributed by atoms with Crippen molar-refractivity contribution in [3.8, 4) is 0 Å². The SMILES string of the molecule is CCOC(=O)[C@]12C[C@H]1[C@H]1OC(C)(C)O[C@H]1[C@H]2O. The Hall–Kier alpha value is -0.650. The molecule has 0 aromatic carbocycles. The van der Waals surface area contributed by atoms with E-state index in [1.807, 2.05) is 13.8 Å². The second kappa shape index (κ2) is 3.22. The second-order valence-corrected chi connectivity index (χ2v) is 5.58. The maximum absolute atomic E-state index is 11.9. The highest BCUT2D eigenvalue weighted by atomic mass is 16.8. The second-order valence-electron chi connectivity index (χ2n) is 5.58. The molecule has 0 radical (unpaired) electrons. The van der Waals surface area contributed by atoms with Crippen molar-refractivity contribution in [2.24, 2.45) is 11.3 Å². The van der Waals surface area contributed by atoms with E-state index >= 15 is 0 Å². The number of aliphatic hydroxyl groups excluding tert-OH is 1. The van der Waals surface area contributed by atoms with E-state index in [4.69, 9.17) is 14.2 Å². The summed E-state index contributed by atoms with van der Waals surface area (Å²) in [6.45, 7) is 5.76. The third kappa shape index (κ3) is 1.33. The minimum atomic E-state index is -0.807. The van der Waals surface area contributed by atoms with E-state index in [0.717, 1.165) is 0 Å². The monoisotopic (exact) mass is 242 g/mol. The van der Waals surface area contributed by atoms with Crippen LogP contribution in [0.1, 0.15) is 27.2 Å². The van der Waals surface area contributed by atoms with Gasteiger partial charge in [-0.05, 0) is 27.2 Å². The summed E-state index contributed by atoms with van der Waals surface area (Å²) in [5.74, 6) is -0.931. The van der Waals surface area contributed by atoms with Crippen LogP contribution in [0.15, 0.2) is 0 Å². The van der Waals surface area contributed by atoms with E-state index < -0.39 is 23.4 Å². The molecule has 5 nitrogen and oxygen atoms in total. The van der Waals surface area contributed by atoms with E-state index in [-0.39, 0.29) is 18.0 Å². The van der Waals surface area contributed by atoms with Crippen LogP contribution < -0.4 is 0 Å². The summed E-state index contributed by atoms with van der Waals surface area (Å²) in [6.07, 6.45) is -0.732. The smallest absolute Gasteiger partial charge is 0.315 e. The Morgan fingerprint density at radius 3 is 2.65 bits per heavy atom. The summed E-state index contributed by atoms with van der Waals surface area (Å²) < 4.78 is 16.5. The largest absolute Gasteiger partial charge is 0.465 e. The first-order valence-electron chi connectivity index (χ1n) is 6.13. The van der Waals surface area contributed by atoms with Crippen LogP contribution in [0.3, 0.4) is 0 Å². The Bertz CT molecular complexity index is 358. The zero-order valence-corrected chi connectivity index (χ0v) is 10.3. The maximum atomic E-state index is 11.9. The Morgan fingerprint density at radius 2 is 2.06 bits per heavy atom. The molecule has 0 aromatic rings. The molecule has 0 amide bonds. The minimum absolute atomic E-state index is 0.0447. The lowest BCUT2D eigenvalue weighted by Gasteiger charge is -2.23. The Kier molecular flexibility index (Phi) is 2.16. The Labute approximate surface area is 100 Å². The quantitative estimate of drug-likeness (QED) is 0.712. The Balaban J connectivity index is 1.82. The molecule has 1 saturated heterocycles. The molecule has 3 fully saturated rings. The van der Waals surface area contributed by atoms with Crippen LogP contribution in [0.4, 0.5) is 0 Å². The first-order chi connectivity index (χ1) is 7.92. The van der Waals surface area contributed by atoms with Crippen LogP contribution in [-0.2, 0) is 19.0 Å². The van der Waals surface area contributed by atoms with Gasteiger partial charge in [0, 0.05) is 5.92 Å². The Morgan fingerprint density at radius 1 is 1.41 bits per heavy atom. The number of aliphatic hydroxyl groups is 1. The van der Waals surface area contributed by atoms with Gasteiger partial charge >= 0.3 is 5.97 Å². The van der Waals surface area contributed by atoms with Crippen LogP contribution in [0.2, 0.25) is 0 Å². The summed E-state index contributed by atoms with van der Waals surface area (Å²) in [5.41, 5.74) is -0.762. The van der Waals surface area contributed by atoms with Crippen molar-refractivity contribution < 1.29 is 24.1 Å². The maximum Gasteiger partial charge on any atom is 0.315 e. The molecule has 0 bridgehead atoms. The van der Waals surface area contributed by atoms with E-state index in [0.29, 0.717) is 13.0 Å². The lowest BCUT2D eigenvalue weighted by atomic mass is 9.99. The number of hydrogen-bond donors (Lipinski definition) is 1. The van der Waals surface area contributed by atoms with Crippen LogP contribution >= 0.6 is 0 Å². The van der Waals surface area contributed by atoms with Crippen LogP contribution in [0.25, 0.3) is 0 Å². The normalized spacial score (nSPS) is 49.6. The molecular formula is C12H18O5. The fourth-order valence-electron chi connectivity index (χ4n) is 3.34. The molecule has 2 saturated carbocycles. The number of carbonyl (C=O) groups is 1. The molecule has 2 aliphatic carbocycles. The molecule has 96 valence electrons. The third-order valence-corrected chi connectivity index (χ3v) is 4.11. The molecule has 0 unspecified atom stereocenters. The van der Waals surface area contributed by atoms with Crippen molar-refractivity contribution in [1.82, 2.24) is 0 Å². The lowest BCUT2D eigenvalue weighted by molar-refractivity contribution is -0.179. The van der Waals surface area contributed by atoms with Gasteiger partial charge in [0.05, 0.1) is 18.8 Å². The molecule has 0 spiro atoms. The number of fused-ring (bicyclic) bond motifs is 3. The molecule has 3 aliphatic rings. The van der Waals surface area contributed by atoms with Crippen LogP contribution in [0, 0.1) is 11.3 Å². The van der Waals surface area contributed by atoms with Crippen molar-refractivity contribution in [1.29, 1.82) is 0 Å². The van der Waals surface area contributed by atoms with Crippen molar-refractivity contribution >= 4 is 5.97 Å². The van der Waals surface area contributed by atoms with Gasteiger partial charge in [-0.25, -0.2) is 0 Å². The van der Waals surface area contributed by atoms with Gasteiger partial charge in [0.25, 0.3) is 0 Å². The zero-order chi connectivity index (χ0) is 12.4. The average molecular weight is 242 g/mol. The van der Waals surface area contributed by atoms with Gasteiger partial charge in [0.2, 0.25) is 0 Å². The number of esters is 1. The summed E-state index contributed by atoms with van der Waals surface area (Å²) in [4.78, 5) is 11.9. The van der Waals surface area contributed by atoms with E-state index in [2.05, 4.69) is 0 Å². The van der Waals surface area contributed by atoms with Gasteiger partial charge in [-0.2, -0.15) is 0 Å². The highest BCUT2D eigenvalue weighted by Crippen LogP contribution is 2.67. The predicted molar refractivity (Wildman–Crippen MR) is 57.0 cm³/mol. The topological polar surface area (TPSA) is 65.0 Å². The molecular weight excluding hydrogens is 224 g/mol. The van der Waals surface area contributed by atoms with Gasteiger partial charge in [-0.1, -0.05) is 0 Å². The first kappa shape index (κ1) is 11.4. The van der Waals surface area contributed by atoms with Gasteiger partial charge in [-0.3, -0.25) is 4.79 Å². The van der Waals surface area contributed by atoms with Crippen LogP contribution in [-0.4, -0.2) is 41.8 Å². The van der Waals surface area contributed by atoms with Gasteiger partial charge in [0.15, 0.2) is 5.79 Å². The molecule has 5 atom stereocenters. The molecule has 17 heavy (non-hydrogen) atoms. The molecule has 5 heteroatoms. The third-order valence-electron chi connectivity index (χ3n) is 4.11. The van der Waals surface area contributed by atoms with Crippen LogP contribution in [0.5, 0.6) is 0 Å². The molecule has 1 N–H and O–H groups in total. The van der Waals surface area contributed by atoms with Crippen molar-refractivity contribution in [3.63, 3.8) is 0 Å². The van der Waals surface area contributed by atoms with Crippen molar-refractivity contribution in [2.45, 2.75) is 51.3 Å². The van der Waals surface area contributed by atoms with Gasteiger partial charge < -0.3 is 19.3 Å². The highest BCUT2D eigenvalue weighted by molar-refractivity contribution is 5.83. The molecule has 1 heterocycles. The van der Waals surface area contributed by atoms with Crippen molar-refractivity contribution in [3.05, 3.63) is 0 Å². The number of ether oxygens (including phenoxy) is 3. The highest BCUT2D eigenvalue weighted by Gasteiger charge is 2.79.